The van der Waals surface area contributed by atoms with Crippen LogP contribution in [0.2, 0.25) is 0 Å². The van der Waals surface area contributed by atoms with Gasteiger partial charge in [-0.2, -0.15) is 0 Å². The Morgan fingerprint density at radius 1 is 0.897 bits per heavy atom. The Kier molecular flexibility index (Phi) is 9.35. The van der Waals surface area contributed by atoms with E-state index in [0.717, 1.165) is 0 Å². The highest BCUT2D eigenvalue weighted by Crippen LogP contribution is 2.78. The number of aliphatic hydroxyl groups excluding tert-OH is 2. The number of hydrogen-bond acceptors (Lipinski definition) is 12. The second-order valence-corrected chi connectivity index (χ2v) is 16.8. The molecule has 12 atom stereocenters. The second-order valence-electron chi connectivity index (χ2n) is 16.8. The SMILES string of the molecule is CC(=O)O[C@@]12CO[C@@H]1C[C@H](O)[C@@]1(C)C(=O)[C@H](C)C3=C(C)C4(OC(=O)C(O)C(NC(=O)c5ccccc5)c5ccccc5)C[C@@](O)(C(OC(=O)c5ccccc5)C12)[C@@]34C. The molecule has 5 aliphatic rings. The van der Waals surface area contributed by atoms with E-state index in [2.05, 4.69) is 5.32 Å². The predicted octanol–water partition coefficient (Wildman–Crippen LogP) is 3.80. The molecular weight excluding hydrogens is 746 g/mol. The fraction of sp³-hybridized carbons (Fsp3) is 0.444. The van der Waals surface area contributed by atoms with Gasteiger partial charge in [-0.05, 0) is 61.7 Å². The van der Waals surface area contributed by atoms with E-state index in [4.69, 9.17) is 18.9 Å². The number of nitrogens with one attached hydrogen (secondary N) is 1. The summed E-state index contributed by atoms with van der Waals surface area (Å²) in [6.45, 7) is 7.55. The summed E-state index contributed by atoms with van der Waals surface area (Å²) in [5, 5.41) is 39.8. The summed E-state index contributed by atoms with van der Waals surface area (Å²) in [5.74, 6) is -5.92. The van der Waals surface area contributed by atoms with E-state index in [1.807, 2.05) is 0 Å². The maximum Gasteiger partial charge on any atom is 0.338 e. The van der Waals surface area contributed by atoms with Crippen molar-refractivity contribution in [2.75, 3.05) is 6.61 Å². The minimum atomic E-state index is -2.09. The van der Waals surface area contributed by atoms with Gasteiger partial charge in [0.05, 0.1) is 41.1 Å². The number of hydrogen-bond donors (Lipinski definition) is 4. The summed E-state index contributed by atoms with van der Waals surface area (Å²) in [5.41, 5.74) is -6.87. The van der Waals surface area contributed by atoms with Crippen molar-refractivity contribution in [2.24, 2.45) is 22.7 Å². The first-order chi connectivity index (χ1) is 27.5. The Morgan fingerprint density at radius 3 is 2.05 bits per heavy atom. The van der Waals surface area contributed by atoms with Crippen LogP contribution in [0.5, 0.6) is 0 Å². The quantitative estimate of drug-likeness (QED) is 0.139. The largest absolute Gasteiger partial charge is 0.455 e. The van der Waals surface area contributed by atoms with Crippen LogP contribution in [0.4, 0.5) is 0 Å². The lowest BCUT2D eigenvalue weighted by Gasteiger charge is -2.78. The molecule has 5 unspecified atom stereocenters. The topological polar surface area (TPSA) is 195 Å². The highest BCUT2D eigenvalue weighted by molar-refractivity contribution is 5.95. The maximum absolute atomic E-state index is 15.1. The van der Waals surface area contributed by atoms with Crippen LogP contribution in [0.15, 0.2) is 102 Å². The lowest BCUT2D eigenvalue weighted by Crippen LogP contribution is -2.89. The van der Waals surface area contributed by atoms with E-state index in [1.165, 1.54) is 19.1 Å². The molecule has 8 rings (SSSR count). The average Bonchev–Trinajstić information content (AvgIpc) is 3.22. The zero-order valence-corrected chi connectivity index (χ0v) is 32.8. The molecule has 0 aromatic heterocycles. The molecule has 0 radical (unpaired) electrons. The third-order valence-corrected chi connectivity index (χ3v) is 14.1. The van der Waals surface area contributed by atoms with Crippen molar-refractivity contribution in [1.82, 2.24) is 5.32 Å². The lowest BCUT2D eigenvalue weighted by molar-refractivity contribution is -0.375. The zero-order chi connectivity index (χ0) is 41.6. The fourth-order valence-electron chi connectivity index (χ4n) is 11.2. The molecule has 304 valence electrons. The number of carbonyl (C=O) groups excluding carboxylic acids is 5. The Morgan fingerprint density at radius 2 is 1.48 bits per heavy atom. The van der Waals surface area contributed by atoms with E-state index >= 15 is 4.79 Å². The number of amides is 1. The first-order valence-corrected chi connectivity index (χ1v) is 19.5. The van der Waals surface area contributed by atoms with Crippen molar-refractivity contribution in [1.29, 1.82) is 0 Å². The third-order valence-electron chi connectivity index (χ3n) is 14.1. The molecule has 4 aliphatic carbocycles. The van der Waals surface area contributed by atoms with Crippen LogP contribution in [0.3, 0.4) is 0 Å². The summed E-state index contributed by atoms with van der Waals surface area (Å²) in [6.07, 6.45) is -6.22. The van der Waals surface area contributed by atoms with Crippen molar-refractivity contribution in [3.8, 4) is 0 Å². The van der Waals surface area contributed by atoms with Crippen molar-refractivity contribution in [2.45, 2.75) is 94.7 Å². The van der Waals surface area contributed by atoms with Gasteiger partial charge in [0.2, 0.25) is 0 Å². The molecule has 13 nitrogen and oxygen atoms in total. The molecule has 58 heavy (non-hydrogen) atoms. The summed E-state index contributed by atoms with van der Waals surface area (Å²) in [6, 6.07) is 23.6. The predicted molar refractivity (Wildman–Crippen MR) is 205 cm³/mol. The number of esters is 3. The van der Waals surface area contributed by atoms with Gasteiger partial charge < -0.3 is 39.6 Å². The minimum Gasteiger partial charge on any atom is -0.455 e. The van der Waals surface area contributed by atoms with Crippen molar-refractivity contribution in [3.05, 3.63) is 119 Å². The van der Waals surface area contributed by atoms with Crippen molar-refractivity contribution >= 4 is 29.6 Å². The van der Waals surface area contributed by atoms with Crippen LogP contribution in [-0.4, -0.2) is 92.7 Å². The Balaban J connectivity index is 1.22. The lowest BCUT2D eigenvalue weighted by atomic mass is 9.30. The number of Topliss-reactive ketones (excluding diaryl/α,β-unsaturated/α-hetero) is 1. The standard InChI is InChI=1S/C45H47NO12/c1-24-32-25(2)45(58-40(53)34(49)33(27-15-9-6-10-16-27)46-38(51)28-17-11-7-12-18-28)22-44(54,42(32,45)5)37(56-39(52)29-19-13-8-14-20-29)35-41(4,36(24)50)30(48)21-31-43(35,23-55-31)57-26(3)47/h6-20,24,30-31,33-35,37,48-49,54H,21-23H2,1-5H3,(H,46,51)/t24-,30+,31-,33?,34?,35?,37?,41-,42-,43+,44-,45?/m1/s1. The van der Waals surface area contributed by atoms with Gasteiger partial charge in [0.15, 0.2) is 11.7 Å². The summed E-state index contributed by atoms with van der Waals surface area (Å²) < 4.78 is 24.6. The van der Waals surface area contributed by atoms with Crippen LogP contribution < -0.4 is 5.32 Å². The molecule has 13 heteroatoms. The smallest absolute Gasteiger partial charge is 0.338 e. The normalized spacial score (nSPS) is 36.6. The maximum atomic E-state index is 15.1. The van der Waals surface area contributed by atoms with Crippen molar-refractivity contribution < 1.29 is 58.2 Å². The third kappa shape index (κ3) is 5.26. The first-order valence-electron chi connectivity index (χ1n) is 19.5. The number of ketones is 1. The second kappa shape index (κ2) is 13.7. The summed E-state index contributed by atoms with van der Waals surface area (Å²) in [4.78, 5) is 69.7. The summed E-state index contributed by atoms with van der Waals surface area (Å²) >= 11 is 0. The molecule has 3 aromatic rings. The van der Waals surface area contributed by atoms with E-state index in [0.29, 0.717) is 22.3 Å². The van der Waals surface area contributed by atoms with Crippen LogP contribution in [-0.2, 0) is 33.3 Å². The number of benzene rings is 3. The molecule has 4 fully saturated rings. The highest BCUT2D eigenvalue weighted by Gasteiger charge is 2.89. The van der Waals surface area contributed by atoms with Gasteiger partial charge >= 0.3 is 17.9 Å². The number of fused-ring (bicyclic) bond motifs is 3. The molecule has 1 amide bonds. The van der Waals surface area contributed by atoms with Gasteiger partial charge in [0, 0.05) is 31.2 Å². The Hall–Kier alpha value is -5.21. The van der Waals surface area contributed by atoms with Gasteiger partial charge in [-0.1, -0.05) is 73.7 Å². The summed E-state index contributed by atoms with van der Waals surface area (Å²) in [7, 11) is 0. The van der Waals surface area contributed by atoms with Crippen LogP contribution >= 0.6 is 0 Å². The monoisotopic (exact) mass is 793 g/mol. The van der Waals surface area contributed by atoms with Crippen LogP contribution in [0, 0.1) is 22.7 Å². The Bertz CT molecular complexity index is 2210. The first kappa shape index (κ1) is 39.6. The van der Waals surface area contributed by atoms with E-state index in [-0.39, 0.29) is 25.0 Å². The van der Waals surface area contributed by atoms with E-state index in [9.17, 15) is 34.5 Å². The number of aliphatic hydroxyl groups is 3. The fourth-order valence-corrected chi connectivity index (χ4v) is 11.2. The van der Waals surface area contributed by atoms with E-state index in [1.54, 1.807) is 107 Å². The van der Waals surface area contributed by atoms with Gasteiger partial charge in [0.1, 0.15) is 29.2 Å². The molecule has 0 spiro atoms. The number of ether oxygens (including phenoxy) is 4. The molecular formula is C45H47NO12. The Labute approximate surface area is 335 Å². The van der Waals surface area contributed by atoms with Crippen LogP contribution in [0.1, 0.15) is 79.8 Å². The zero-order valence-electron chi connectivity index (χ0n) is 32.8. The van der Waals surface area contributed by atoms with Crippen molar-refractivity contribution in [3.63, 3.8) is 0 Å². The minimum absolute atomic E-state index is 0.0609. The number of rotatable bonds is 9. The van der Waals surface area contributed by atoms with Gasteiger partial charge in [0.25, 0.3) is 5.91 Å². The average molecular weight is 794 g/mol. The van der Waals surface area contributed by atoms with Gasteiger partial charge in [-0.25, -0.2) is 9.59 Å². The van der Waals surface area contributed by atoms with E-state index < -0.39 is 99.5 Å². The van der Waals surface area contributed by atoms with Gasteiger partial charge in [-0.15, -0.1) is 0 Å². The molecule has 1 heterocycles. The molecule has 0 bridgehead atoms. The highest BCUT2D eigenvalue weighted by atomic mass is 16.6. The van der Waals surface area contributed by atoms with Gasteiger partial charge in [-0.3, -0.25) is 14.4 Å². The molecule has 1 aliphatic heterocycles. The molecule has 1 saturated heterocycles. The molecule has 3 saturated carbocycles. The number of carbonyl (C=O) groups is 5. The molecule has 3 aromatic carbocycles. The molecule has 4 N–H and O–H groups in total. The van der Waals surface area contributed by atoms with Crippen LogP contribution in [0.25, 0.3) is 0 Å².